The number of hydrogen-bond donors (Lipinski definition) is 4. The first-order valence-corrected chi connectivity index (χ1v) is 15.0. The van der Waals surface area contributed by atoms with E-state index in [-0.39, 0.29) is 34.8 Å². The van der Waals surface area contributed by atoms with Crippen molar-refractivity contribution in [2.45, 2.75) is 39.5 Å². The third kappa shape index (κ3) is 9.56. The summed E-state index contributed by atoms with van der Waals surface area (Å²) in [5, 5.41) is 58.3. The Labute approximate surface area is 279 Å². The maximum Gasteiger partial charge on any atom is 0.194 e. The van der Waals surface area contributed by atoms with Gasteiger partial charge in [0.1, 0.15) is 23.0 Å². The minimum Gasteiger partial charge on any atom is -0.508 e. The predicted molar refractivity (Wildman–Crippen MR) is 186 cm³/mol. The number of rotatable bonds is 6. The molecule has 5 rings (SSSR count). The first-order valence-electron chi connectivity index (χ1n) is 15.0. The summed E-state index contributed by atoms with van der Waals surface area (Å²) in [6, 6.07) is 31.3. The Hall–Kier alpha value is -5.90. The molecule has 0 aromatic heterocycles. The molecule has 0 saturated carbocycles. The van der Waals surface area contributed by atoms with Crippen LogP contribution in [-0.4, -0.2) is 44.4 Å². The van der Waals surface area contributed by atoms with E-state index in [0.29, 0.717) is 0 Å². The summed E-state index contributed by atoms with van der Waals surface area (Å²) in [4.78, 5) is 16.6. The molecule has 5 aromatic carbocycles. The number of hydrogen-bond acceptors (Lipinski definition) is 8. The fourth-order valence-corrected chi connectivity index (χ4v) is 5.47. The highest BCUT2D eigenvalue weighted by Gasteiger charge is 2.22. The molecule has 0 spiro atoms. The third-order valence-corrected chi connectivity index (χ3v) is 7.82. The minimum atomic E-state index is -0.500. The lowest BCUT2D eigenvalue weighted by atomic mass is 9.80. The second-order valence-electron chi connectivity index (χ2n) is 11.6. The predicted octanol–water partition coefficient (Wildman–Crippen LogP) is 7.89. The Kier molecular flexibility index (Phi) is 12.3. The van der Waals surface area contributed by atoms with Crippen LogP contribution in [0.2, 0.25) is 0 Å². The van der Waals surface area contributed by atoms with E-state index < -0.39 is 9.85 Å². The highest BCUT2D eigenvalue weighted by Crippen LogP contribution is 2.39. The van der Waals surface area contributed by atoms with Crippen molar-refractivity contribution in [2.24, 2.45) is 0 Å². The number of phenolic OH excluding ortho intramolecular Hbond substituents is 4. The summed E-state index contributed by atoms with van der Waals surface area (Å²) in [5.74, 6) is 0.842. The van der Waals surface area contributed by atoms with E-state index in [4.69, 9.17) is 20.2 Å². The zero-order valence-corrected chi connectivity index (χ0v) is 27.7. The van der Waals surface area contributed by atoms with E-state index in [1.807, 2.05) is 76.2 Å². The van der Waals surface area contributed by atoms with Crippen molar-refractivity contribution in [3.63, 3.8) is 0 Å². The molecular weight excluding hydrogens is 612 g/mol. The Bertz CT molecular complexity index is 1660. The number of benzene rings is 5. The van der Waals surface area contributed by atoms with E-state index in [1.165, 1.54) is 0 Å². The largest absolute Gasteiger partial charge is 0.508 e. The SMILES string of the molecule is C[N+](=O)[O-].C[N+](=O)[O-].Cc1cc(C(c2ccc(C(c3ccc(O)c(C)c3)c3ccc(O)c(C)c3)cc2)c2ccc(O)c(C)c2)ccc1O. The van der Waals surface area contributed by atoms with Crippen LogP contribution in [0.25, 0.3) is 0 Å². The second-order valence-corrected chi connectivity index (χ2v) is 11.6. The molecule has 0 atom stereocenters. The Morgan fingerprint density at radius 3 is 0.750 bits per heavy atom. The van der Waals surface area contributed by atoms with Gasteiger partial charge in [-0.15, -0.1) is 0 Å². The molecule has 0 heterocycles. The van der Waals surface area contributed by atoms with Gasteiger partial charge in [0.15, 0.2) is 14.1 Å². The third-order valence-electron chi connectivity index (χ3n) is 7.82. The van der Waals surface area contributed by atoms with Crippen molar-refractivity contribution in [2.75, 3.05) is 14.1 Å². The zero-order valence-electron chi connectivity index (χ0n) is 27.7. The van der Waals surface area contributed by atoms with Gasteiger partial charge >= 0.3 is 0 Å². The molecule has 10 nitrogen and oxygen atoms in total. The van der Waals surface area contributed by atoms with Gasteiger partial charge in [-0.05, 0) is 108 Å². The summed E-state index contributed by atoms with van der Waals surface area (Å²) in [6.07, 6.45) is 0. The van der Waals surface area contributed by atoms with Gasteiger partial charge in [-0.25, -0.2) is 0 Å². The van der Waals surface area contributed by atoms with E-state index in [0.717, 1.165) is 69.7 Å². The van der Waals surface area contributed by atoms with E-state index in [9.17, 15) is 20.4 Å². The molecule has 0 saturated heterocycles. The second kappa shape index (κ2) is 16.1. The van der Waals surface area contributed by atoms with Crippen LogP contribution in [-0.2, 0) is 0 Å². The monoisotopic (exact) mass is 652 g/mol. The fourth-order valence-electron chi connectivity index (χ4n) is 5.47. The number of nitro groups is 2. The van der Waals surface area contributed by atoms with Crippen LogP contribution in [0, 0.1) is 47.9 Å². The molecular formula is C38H40N2O8. The number of aromatic hydroxyl groups is 4. The van der Waals surface area contributed by atoms with Crippen molar-refractivity contribution in [3.05, 3.63) is 173 Å². The lowest BCUT2D eigenvalue weighted by Gasteiger charge is -2.23. The topological polar surface area (TPSA) is 167 Å². The lowest BCUT2D eigenvalue weighted by Crippen LogP contribution is -2.07. The summed E-state index contributed by atoms with van der Waals surface area (Å²) < 4.78 is 0. The Morgan fingerprint density at radius 2 is 0.583 bits per heavy atom. The minimum absolute atomic E-state index is 0.0991. The van der Waals surface area contributed by atoms with Crippen LogP contribution in [0.4, 0.5) is 0 Å². The van der Waals surface area contributed by atoms with Gasteiger partial charge in [0.05, 0.1) is 0 Å². The smallest absolute Gasteiger partial charge is 0.194 e. The standard InChI is InChI=1S/C36H34O4.2CH3NO2/c1-21-17-27(9-13-31(21)37)35(28-10-14-32(38)22(2)18-28)25-5-7-26(8-6-25)36(29-11-15-33(39)23(3)19-29)30-12-16-34(40)24(4)20-30;2*1-2(3)4/h5-20,35-40H,1-4H3;2*1H3. The first kappa shape index (κ1) is 36.6. The summed E-state index contributed by atoms with van der Waals surface area (Å²) in [7, 11) is 1.78. The van der Waals surface area contributed by atoms with E-state index in [2.05, 4.69) is 24.3 Å². The lowest BCUT2D eigenvalue weighted by molar-refractivity contribution is -0.445. The van der Waals surface area contributed by atoms with Crippen molar-refractivity contribution in [1.82, 2.24) is 0 Å². The molecule has 0 unspecified atom stereocenters. The molecule has 0 aliphatic heterocycles. The molecule has 0 radical (unpaired) electrons. The van der Waals surface area contributed by atoms with Crippen LogP contribution < -0.4 is 0 Å². The van der Waals surface area contributed by atoms with Crippen LogP contribution in [0.3, 0.4) is 0 Å². The van der Waals surface area contributed by atoms with Crippen LogP contribution >= 0.6 is 0 Å². The number of phenols is 4. The average Bonchev–Trinajstić information content (AvgIpc) is 3.01. The van der Waals surface area contributed by atoms with Crippen LogP contribution in [0.1, 0.15) is 67.5 Å². The highest BCUT2D eigenvalue weighted by atomic mass is 16.6. The maximum atomic E-state index is 10.2. The molecule has 0 fully saturated rings. The molecule has 5 aromatic rings. The van der Waals surface area contributed by atoms with Gasteiger partial charge in [-0.2, -0.15) is 0 Å². The molecule has 0 aliphatic rings. The molecule has 250 valence electrons. The van der Waals surface area contributed by atoms with Gasteiger partial charge in [-0.3, -0.25) is 20.2 Å². The van der Waals surface area contributed by atoms with Crippen LogP contribution in [0.15, 0.2) is 97.1 Å². The number of aryl methyl sites for hydroxylation is 4. The molecule has 0 bridgehead atoms. The van der Waals surface area contributed by atoms with E-state index >= 15 is 0 Å². The van der Waals surface area contributed by atoms with Gasteiger partial charge in [0.2, 0.25) is 0 Å². The van der Waals surface area contributed by atoms with Gasteiger partial charge in [0, 0.05) is 21.7 Å². The molecule has 0 aliphatic carbocycles. The molecule has 4 N–H and O–H groups in total. The van der Waals surface area contributed by atoms with Crippen LogP contribution in [0.5, 0.6) is 23.0 Å². The van der Waals surface area contributed by atoms with Crippen molar-refractivity contribution in [3.8, 4) is 23.0 Å². The number of nitrogens with zero attached hydrogens (tertiary/aromatic N) is 2. The zero-order chi connectivity index (χ0) is 35.7. The summed E-state index contributed by atoms with van der Waals surface area (Å²) in [6.45, 7) is 7.58. The van der Waals surface area contributed by atoms with Gasteiger partial charge in [0.25, 0.3) is 0 Å². The molecule has 10 heteroatoms. The van der Waals surface area contributed by atoms with Gasteiger partial charge < -0.3 is 20.4 Å². The molecule has 48 heavy (non-hydrogen) atoms. The first-order chi connectivity index (χ1) is 22.6. The van der Waals surface area contributed by atoms with Crippen molar-refractivity contribution in [1.29, 1.82) is 0 Å². The Balaban J connectivity index is 0.000000705. The summed E-state index contributed by atoms with van der Waals surface area (Å²) >= 11 is 0. The quantitative estimate of drug-likeness (QED) is 0.0816. The summed E-state index contributed by atoms with van der Waals surface area (Å²) in [5.41, 5.74) is 9.59. The maximum absolute atomic E-state index is 10.2. The van der Waals surface area contributed by atoms with Crippen molar-refractivity contribution < 1.29 is 30.3 Å². The average molecular weight is 653 g/mol. The highest BCUT2D eigenvalue weighted by molar-refractivity contribution is 5.53. The van der Waals surface area contributed by atoms with Crippen molar-refractivity contribution >= 4 is 0 Å². The normalized spacial score (nSPS) is 10.5. The van der Waals surface area contributed by atoms with E-state index in [1.54, 1.807) is 24.3 Å². The fraction of sp³-hybridized carbons (Fsp3) is 0.211. The Morgan fingerprint density at radius 1 is 0.417 bits per heavy atom. The van der Waals surface area contributed by atoms with Gasteiger partial charge in [-0.1, -0.05) is 72.8 Å². The molecule has 0 amide bonds.